The first-order valence-corrected chi connectivity index (χ1v) is 7.86. The van der Waals surface area contributed by atoms with Crippen LogP contribution >= 0.6 is 0 Å². The van der Waals surface area contributed by atoms with E-state index < -0.39 is 6.10 Å². The zero-order valence-corrected chi connectivity index (χ0v) is 13.8. The molecule has 3 rings (SSSR count). The van der Waals surface area contributed by atoms with Gasteiger partial charge in [-0.15, -0.1) is 0 Å². The molecule has 0 fully saturated rings. The van der Waals surface area contributed by atoms with Gasteiger partial charge >= 0.3 is 0 Å². The number of benzene rings is 2. The lowest BCUT2D eigenvalue weighted by Gasteiger charge is -2.08. The maximum Gasteiger partial charge on any atom is 0.226 e. The molecule has 0 saturated heterocycles. The molecule has 2 aromatic carbocycles. The van der Waals surface area contributed by atoms with Gasteiger partial charge in [0, 0.05) is 5.56 Å². The molecule has 1 heterocycles. The molecule has 1 N–H and O–H groups in total. The topological polar surface area (TPSA) is 64.7 Å². The van der Waals surface area contributed by atoms with Gasteiger partial charge in [-0.3, -0.25) is 0 Å². The molecule has 1 atom stereocenters. The molecule has 0 aliphatic heterocycles. The highest BCUT2D eigenvalue weighted by Crippen LogP contribution is 2.21. The third kappa shape index (κ3) is 4.49. The van der Waals surface area contributed by atoms with Crippen LogP contribution in [-0.2, 0) is 11.3 Å². The van der Waals surface area contributed by atoms with E-state index in [4.69, 9.17) is 13.9 Å². The van der Waals surface area contributed by atoms with Gasteiger partial charge in [0.25, 0.3) is 0 Å². The minimum Gasteiger partial charge on any atom is -0.505 e. The van der Waals surface area contributed by atoms with Crippen LogP contribution in [0.4, 0.5) is 0 Å². The smallest absolute Gasteiger partial charge is 0.226 e. The summed E-state index contributed by atoms with van der Waals surface area (Å²) in [6.07, 6.45) is 3.90. The van der Waals surface area contributed by atoms with Crippen molar-refractivity contribution in [2.75, 3.05) is 7.11 Å². The van der Waals surface area contributed by atoms with Crippen molar-refractivity contribution in [2.24, 2.45) is 0 Å². The van der Waals surface area contributed by atoms with Gasteiger partial charge in [0.05, 0.1) is 13.4 Å². The summed E-state index contributed by atoms with van der Waals surface area (Å²) >= 11 is 0. The van der Waals surface area contributed by atoms with Gasteiger partial charge in [0.2, 0.25) is 5.89 Å². The number of aromatic nitrogens is 1. The van der Waals surface area contributed by atoms with Crippen molar-refractivity contribution in [1.29, 1.82) is 0 Å². The zero-order chi connectivity index (χ0) is 17.5. The summed E-state index contributed by atoms with van der Waals surface area (Å²) in [5.74, 6) is 1.26. The zero-order valence-electron chi connectivity index (χ0n) is 13.8. The van der Waals surface area contributed by atoms with E-state index in [0.29, 0.717) is 23.9 Å². The molecule has 0 aliphatic rings. The van der Waals surface area contributed by atoms with Crippen molar-refractivity contribution in [3.63, 3.8) is 0 Å². The van der Waals surface area contributed by atoms with E-state index >= 15 is 0 Å². The van der Waals surface area contributed by atoms with Crippen LogP contribution in [0.2, 0.25) is 0 Å². The Morgan fingerprint density at radius 2 is 1.88 bits per heavy atom. The molecule has 5 nitrogen and oxygen atoms in total. The molecule has 5 heteroatoms. The van der Waals surface area contributed by atoms with Crippen LogP contribution in [0, 0.1) is 0 Å². The van der Waals surface area contributed by atoms with Gasteiger partial charge in [-0.2, -0.15) is 0 Å². The number of aliphatic hydroxyl groups is 1. The number of nitrogens with zero attached hydrogens (tertiary/aromatic N) is 1. The van der Waals surface area contributed by atoms with Crippen LogP contribution in [0.3, 0.4) is 0 Å². The van der Waals surface area contributed by atoms with Crippen molar-refractivity contribution in [2.45, 2.75) is 12.7 Å². The van der Waals surface area contributed by atoms with Crippen molar-refractivity contribution in [3.8, 4) is 17.2 Å². The highest BCUT2D eigenvalue weighted by molar-refractivity contribution is 5.52. The molecule has 1 unspecified atom stereocenters. The molecule has 0 aliphatic carbocycles. The maximum atomic E-state index is 9.93. The first-order chi connectivity index (χ1) is 12.3. The molecule has 0 radical (unpaired) electrons. The third-order valence-corrected chi connectivity index (χ3v) is 3.58. The van der Waals surface area contributed by atoms with Gasteiger partial charge in [-0.25, -0.2) is 4.98 Å². The van der Waals surface area contributed by atoms with Crippen molar-refractivity contribution in [1.82, 2.24) is 4.98 Å². The van der Waals surface area contributed by atoms with Crippen LogP contribution in [0.1, 0.15) is 17.4 Å². The van der Waals surface area contributed by atoms with E-state index in [1.807, 2.05) is 30.3 Å². The molecule has 0 amide bonds. The van der Waals surface area contributed by atoms with Crippen LogP contribution in [-0.4, -0.2) is 17.2 Å². The Morgan fingerprint density at radius 1 is 1.12 bits per heavy atom. The second-order valence-corrected chi connectivity index (χ2v) is 5.38. The lowest BCUT2D eigenvalue weighted by atomic mass is 10.1. The Bertz CT molecular complexity index is 809. The molecule has 0 spiro atoms. The minimum atomic E-state index is -0.710. The fraction of sp³-hybridized carbons (Fsp3) is 0.150. The Morgan fingerprint density at radius 3 is 2.60 bits per heavy atom. The Kier molecular flexibility index (Phi) is 5.49. The Hall–Kier alpha value is -3.05. The standard InChI is InChI=1S/C20H19NO4/c1-23-12-11-19(22)15-7-9-18(10-8-15)24-13-17-14-25-20(21-17)16-5-3-2-4-6-16/h2-12,14,19,22H,13H2,1H3. The summed E-state index contributed by atoms with van der Waals surface area (Å²) in [6.45, 7) is 0.307. The minimum absolute atomic E-state index is 0.307. The average molecular weight is 337 g/mol. The fourth-order valence-electron chi connectivity index (χ4n) is 2.27. The van der Waals surface area contributed by atoms with E-state index in [1.54, 1.807) is 36.6 Å². The van der Waals surface area contributed by atoms with E-state index in [9.17, 15) is 5.11 Å². The van der Waals surface area contributed by atoms with E-state index in [1.165, 1.54) is 13.4 Å². The van der Waals surface area contributed by atoms with Crippen LogP contribution < -0.4 is 4.74 Å². The summed E-state index contributed by atoms with van der Waals surface area (Å²) in [5.41, 5.74) is 2.40. The van der Waals surface area contributed by atoms with Crippen molar-refractivity contribution in [3.05, 3.63) is 84.5 Å². The second-order valence-electron chi connectivity index (χ2n) is 5.38. The molecule has 128 valence electrons. The molecular weight excluding hydrogens is 318 g/mol. The predicted octanol–water partition coefficient (Wildman–Crippen LogP) is 4.11. The fourth-order valence-corrected chi connectivity index (χ4v) is 2.27. The lowest BCUT2D eigenvalue weighted by Crippen LogP contribution is -1.97. The number of aliphatic hydroxyl groups excluding tert-OH is 1. The first-order valence-electron chi connectivity index (χ1n) is 7.86. The molecule has 0 bridgehead atoms. The van der Waals surface area contributed by atoms with Gasteiger partial charge < -0.3 is 19.0 Å². The Labute approximate surface area is 146 Å². The summed E-state index contributed by atoms with van der Waals surface area (Å²) < 4.78 is 16.0. The number of hydrogen-bond donors (Lipinski definition) is 1. The van der Waals surface area contributed by atoms with Gasteiger partial charge in [0.1, 0.15) is 30.4 Å². The molecule has 25 heavy (non-hydrogen) atoms. The number of hydrogen-bond acceptors (Lipinski definition) is 5. The molecule has 0 saturated carbocycles. The quantitative estimate of drug-likeness (QED) is 0.657. The first kappa shape index (κ1) is 16.8. The van der Waals surface area contributed by atoms with Gasteiger partial charge in [-0.1, -0.05) is 30.3 Å². The number of methoxy groups -OCH3 is 1. The SMILES string of the molecule is COC=CC(O)c1ccc(OCc2coc(-c3ccccc3)n2)cc1. The van der Waals surface area contributed by atoms with E-state index in [2.05, 4.69) is 4.98 Å². The molecule has 1 aromatic heterocycles. The summed E-state index contributed by atoms with van der Waals surface area (Å²) in [5, 5.41) is 9.93. The summed E-state index contributed by atoms with van der Waals surface area (Å²) in [6, 6.07) is 16.9. The third-order valence-electron chi connectivity index (χ3n) is 3.58. The predicted molar refractivity (Wildman–Crippen MR) is 93.8 cm³/mol. The van der Waals surface area contributed by atoms with E-state index in [0.717, 1.165) is 11.1 Å². The highest BCUT2D eigenvalue weighted by atomic mass is 16.5. The van der Waals surface area contributed by atoms with Gasteiger partial charge in [0.15, 0.2) is 0 Å². The highest BCUT2D eigenvalue weighted by Gasteiger charge is 2.08. The normalized spacial score (nSPS) is 12.2. The summed E-state index contributed by atoms with van der Waals surface area (Å²) in [7, 11) is 1.53. The lowest BCUT2D eigenvalue weighted by molar-refractivity contribution is 0.221. The largest absolute Gasteiger partial charge is 0.505 e. The number of rotatable bonds is 7. The molecule has 3 aromatic rings. The second kappa shape index (κ2) is 8.17. The van der Waals surface area contributed by atoms with Crippen LogP contribution in [0.25, 0.3) is 11.5 Å². The Balaban J connectivity index is 1.59. The van der Waals surface area contributed by atoms with E-state index in [-0.39, 0.29) is 0 Å². The van der Waals surface area contributed by atoms with Crippen LogP contribution in [0.5, 0.6) is 5.75 Å². The van der Waals surface area contributed by atoms with Crippen LogP contribution in [0.15, 0.2) is 77.6 Å². The summed E-state index contributed by atoms with van der Waals surface area (Å²) in [4.78, 5) is 4.42. The average Bonchev–Trinajstić information content (AvgIpc) is 3.14. The van der Waals surface area contributed by atoms with Gasteiger partial charge in [-0.05, 0) is 35.9 Å². The monoisotopic (exact) mass is 337 g/mol. The van der Waals surface area contributed by atoms with Crippen molar-refractivity contribution >= 4 is 0 Å². The molecular formula is C20H19NO4. The number of ether oxygens (including phenoxy) is 2. The van der Waals surface area contributed by atoms with Crippen molar-refractivity contribution < 1.29 is 19.0 Å². The number of oxazole rings is 1. The maximum absolute atomic E-state index is 9.93.